The lowest BCUT2D eigenvalue weighted by Crippen LogP contribution is -2.45. The summed E-state index contributed by atoms with van der Waals surface area (Å²) in [7, 11) is 1.62. The highest BCUT2D eigenvalue weighted by molar-refractivity contribution is 5.98. The Labute approximate surface area is 162 Å². The predicted octanol–water partition coefficient (Wildman–Crippen LogP) is 3.48. The summed E-state index contributed by atoms with van der Waals surface area (Å²) in [5.41, 5.74) is 2.42. The third-order valence-electron chi connectivity index (χ3n) is 5.84. The van der Waals surface area contributed by atoms with E-state index in [1.165, 1.54) is 0 Å². The molecule has 0 unspecified atom stereocenters. The number of likely N-dealkylation sites (tertiary alicyclic amines) is 1. The van der Waals surface area contributed by atoms with Gasteiger partial charge in [0, 0.05) is 48.5 Å². The number of amides is 1. The molecule has 0 atom stereocenters. The fourth-order valence-electron chi connectivity index (χ4n) is 4.31. The lowest BCUT2D eigenvalue weighted by Gasteiger charge is -2.38. The number of hydrogen-bond acceptors (Lipinski definition) is 4. The van der Waals surface area contributed by atoms with Crippen molar-refractivity contribution < 1.29 is 19.1 Å². The molecular weight excluding hydrogens is 356 g/mol. The van der Waals surface area contributed by atoms with Gasteiger partial charge < -0.3 is 19.4 Å². The van der Waals surface area contributed by atoms with E-state index in [0.29, 0.717) is 37.2 Å². The van der Waals surface area contributed by atoms with Crippen LogP contribution in [0.1, 0.15) is 39.3 Å². The molecule has 28 heavy (non-hydrogen) atoms. The molecule has 2 aromatic carbocycles. The molecule has 1 saturated heterocycles. The monoisotopic (exact) mass is 376 g/mol. The second kappa shape index (κ2) is 6.12. The normalized spacial score (nSPS) is 17.6. The summed E-state index contributed by atoms with van der Waals surface area (Å²) in [5.74, 6) is 0.442. The average molecular weight is 376 g/mol. The number of rotatable bonds is 2. The van der Waals surface area contributed by atoms with E-state index >= 15 is 0 Å². The van der Waals surface area contributed by atoms with E-state index in [1.807, 2.05) is 53.4 Å². The summed E-state index contributed by atoms with van der Waals surface area (Å²) < 4.78 is 11.0. The van der Waals surface area contributed by atoms with Crippen LogP contribution < -0.4 is 4.74 Å². The first-order valence-electron chi connectivity index (χ1n) is 9.38. The van der Waals surface area contributed by atoms with Crippen LogP contribution in [0.2, 0.25) is 0 Å². The minimum absolute atomic E-state index is 0.0392. The number of ether oxygens (including phenoxy) is 2. The smallest absolute Gasteiger partial charge is 0.339 e. The molecule has 0 saturated carbocycles. The molecule has 2 aliphatic rings. The maximum absolute atomic E-state index is 13.0. The molecule has 0 radical (unpaired) electrons. The lowest BCUT2D eigenvalue weighted by atomic mass is 9.83. The van der Waals surface area contributed by atoms with E-state index in [9.17, 15) is 9.59 Å². The van der Waals surface area contributed by atoms with Gasteiger partial charge in [0.05, 0.1) is 12.7 Å². The van der Waals surface area contributed by atoms with Crippen molar-refractivity contribution in [3.8, 4) is 5.75 Å². The van der Waals surface area contributed by atoms with Crippen molar-refractivity contribution in [2.24, 2.45) is 0 Å². The first kappa shape index (κ1) is 16.9. The molecule has 0 bridgehead atoms. The van der Waals surface area contributed by atoms with E-state index in [2.05, 4.69) is 4.98 Å². The van der Waals surface area contributed by atoms with Crippen LogP contribution in [-0.2, 0) is 10.3 Å². The third-order valence-corrected chi connectivity index (χ3v) is 5.84. The summed E-state index contributed by atoms with van der Waals surface area (Å²) in [6, 6.07) is 15.1. The fourth-order valence-corrected chi connectivity index (χ4v) is 4.31. The number of hydrogen-bond donors (Lipinski definition) is 1. The number of aromatic amines is 1. The number of carbonyl (C=O) groups excluding carboxylic acids is 2. The number of methoxy groups -OCH3 is 1. The van der Waals surface area contributed by atoms with Crippen molar-refractivity contribution >= 4 is 22.8 Å². The molecular formula is C22H20N2O4. The van der Waals surface area contributed by atoms with E-state index in [4.69, 9.17) is 9.47 Å². The van der Waals surface area contributed by atoms with Gasteiger partial charge in [-0.1, -0.05) is 18.2 Å². The van der Waals surface area contributed by atoms with Crippen molar-refractivity contribution in [2.45, 2.75) is 18.4 Å². The summed E-state index contributed by atoms with van der Waals surface area (Å²) in [5, 5.41) is 0.969. The molecule has 1 spiro atoms. The Bertz CT molecular complexity index is 1090. The standard InChI is InChI=1S/C22H20N2O4/c1-27-15-7-6-14-12-19(23-18(14)13-15)20(25)24-10-8-22(9-11-24)17-5-3-2-4-16(17)21(26)28-22/h2-7,12-13,23H,8-11H2,1H3. The van der Waals surface area contributed by atoms with Crippen LogP contribution in [0.15, 0.2) is 48.5 Å². The minimum Gasteiger partial charge on any atom is -0.497 e. The molecule has 6 heteroatoms. The maximum Gasteiger partial charge on any atom is 0.339 e. The van der Waals surface area contributed by atoms with E-state index in [1.54, 1.807) is 7.11 Å². The van der Waals surface area contributed by atoms with Gasteiger partial charge >= 0.3 is 5.97 Å². The first-order valence-corrected chi connectivity index (χ1v) is 9.38. The Kier molecular flexibility index (Phi) is 3.69. The van der Waals surface area contributed by atoms with Gasteiger partial charge in [-0.05, 0) is 24.3 Å². The highest BCUT2D eigenvalue weighted by Crippen LogP contribution is 2.44. The quantitative estimate of drug-likeness (QED) is 0.695. The van der Waals surface area contributed by atoms with Gasteiger partial charge in [0.2, 0.25) is 0 Å². The Balaban J connectivity index is 1.36. The average Bonchev–Trinajstić information content (AvgIpc) is 3.27. The number of nitrogens with one attached hydrogen (secondary N) is 1. The van der Waals surface area contributed by atoms with Gasteiger partial charge in [0.1, 0.15) is 17.0 Å². The number of fused-ring (bicyclic) bond motifs is 3. The van der Waals surface area contributed by atoms with Crippen LogP contribution in [0, 0.1) is 0 Å². The van der Waals surface area contributed by atoms with Crippen LogP contribution in [0.5, 0.6) is 5.75 Å². The SMILES string of the molecule is COc1ccc2cc(C(=O)N3CCC4(CC3)OC(=O)c3ccccc34)[nH]c2c1. The molecule has 0 aliphatic carbocycles. The van der Waals surface area contributed by atoms with Crippen molar-refractivity contribution in [1.82, 2.24) is 9.88 Å². The minimum atomic E-state index is -0.599. The summed E-state index contributed by atoms with van der Waals surface area (Å²) in [6.07, 6.45) is 1.21. The number of esters is 1. The van der Waals surface area contributed by atoms with Crippen LogP contribution in [0.25, 0.3) is 10.9 Å². The van der Waals surface area contributed by atoms with Crippen LogP contribution in [0.3, 0.4) is 0 Å². The van der Waals surface area contributed by atoms with E-state index < -0.39 is 5.60 Å². The number of piperidine rings is 1. The molecule has 5 rings (SSSR count). The fraction of sp³-hybridized carbons (Fsp3) is 0.273. The molecule has 3 aromatic rings. The van der Waals surface area contributed by atoms with Gasteiger partial charge in [-0.15, -0.1) is 0 Å². The van der Waals surface area contributed by atoms with Gasteiger partial charge in [-0.2, -0.15) is 0 Å². The summed E-state index contributed by atoms with van der Waals surface area (Å²) in [4.78, 5) is 30.2. The number of aromatic nitrogens is 1. The number of nitrogens with zero attached hydrogens (tertiary/aromatic N) is 1. The Morgan fingerprint density at radius 3 is 2.71 bits per heavy atom. The zero-order valence-electron chi connectivity index (χ0n) is 15.5. The van der Waals surface area contributed by atoms with Crippen molar-refractivity contribution in [3.63, 3.8) is 0 Å². The molecule has 2 aliphatic heterocycles. The number of H-pyrrole nitrogens is 1. The zero-order valence-corrected chi connectivity index (χ0v) is 15.5. The molecule has 1 aromatic heterocycles. The molecule has 1 fully saturated rings. The van der Waals surface area contributed by atoms with Gasteiger partial charge in [-0.3, -0.25) is 4.79 Å². The third kappa shape index (κ3) is 2.48. The molecule has 1 amide bonds. The van der Waals surface area contributed by atoms with Gasteiger partial charge in [0.25, 0.3) is 5.91 Å². The zero-order chi connectivity index (χ0) is 19.3. The van der Waals surface area contributed by atoms with Crippen molar-refractivity contribution in [3.05, 3.63) is 65.4 Å². The van der Waals surface area contributed by atoms with Crippen LogP contribution in [-0.4, -0.2) is 42.0 Å². The Morgan fingerprint density at radius 2 is 1.93 bits per heavy atom. The Hall–Kier alpha value is -3.28. The largest absolute Gasteiger partial charge is 0.497 e. The highest BCUT2D eigenvalue weighted by Gasteiger charge is 2.47. The lowest BCUT2D eigenvalue weighted by molar-refractivity contribution is -0.0390. The molecule has 142 valence electrons. The van der Waals surface area contributed by atoms with Gasteiger partial charge in [0.15, 0.2) is 0 Å². The number of benzene rings is 2. The molecule has 3 heterocycles. The second-order valence-electron chi connectivity index (χ2n) is 7.36. The topological polar surface area (TPSA) is 71.6 Å². The van der Waals surface area contributed by atoms with Crippen LogP contribution in [0.4, 0.5) is 0 Å². The second-order valence-corrected chi connectivity index (χ2v) is 7.36. The van der Waals surface area contributed by atoms with Gasteiger partial charge in [-0.25, -0.2) is 4.79 Å². The molecule has 1 N–H and O–H groups in total. The maximum atomic E-state index is 13.0. The first-order chi connectivity index (χ1) is 13.6. The predicted molar refractivity (Wildman–Crippen MR) is 104 cm³/mol. The summed E-state index contributed by atoms with van der Waals surface area (Å²) in [6.45, 7) is 1.08. The van der Waals surface area contributed by atoms with Crippen LogP contribution >= 0.6 is 0 Å². The number of carbonyl (C=O) groups is 2. The highest BCUT2D eigenvalue weighted by atomic mass is 16.6. The van der Waals surface area contributed by atoms with Crippen molar-refractivity contribution in [1.29, 1.82) is 0 Å². The molecule has 6 nitrogen and oxygen atoms in total. The van der Waals surface area contributed by atoms with E-state index in [0.717, 1.165) is 22.2 Å². The summed E-state index contributed by atoms with van der Waals surface area (Å²) >= 11 is 0. The van der Waals surface area contributed by atoms with Crippen molar-refractivity contribution in [2.75, 3.05) is 20.2 Å². The van der Waals surface area contributed by atoms with E-state index in [-0.39, 0.29) is 11.9 Å². The Morgan fingerprint density at radius 1 is 1.14 bits per heavy atom.